The van der Waals surface area contributed by atoms with Crippen molar-refractivity contribution in [2.24, 2.45) is 0 Å². The monoisotopic (exact) mass is 304 g/mol. The minimum absolute atomic E-state index is 0.0819. The summed E-state index contributed by atoms with van der Waals surface area (Å²) < 4.78 is 22.0. The Kier molecular flexibility index (Phi) is 5.81. The first-order valence-electron chi connectivity index (χ1n) is 6.03. The van der Waals surface area contributed by atoms with E-state index in [1.807, 2.05) is 19.1 Å². The molecule has 1 heterocycles. The summed E-state index contributed by atoms with van der Waals surface area (Å²) in [5, 5.41) is 5.47. The van der Waals surface area contributed by atoms with Crippen LogP contribution in [0.2, 0.25) is 0 Å². The maximum absolute atomic E-state index is 11.6. The Morgan fingerprint density at radius 2 is 2.11 bits per heavy atom. The molecule has 0 spiro atoms. The van der Waals surface area contributed by atoms with Gasteiger partial charge >= 0.3 is 6.03 Å². The second-order valence-electron chi connectivity index (χ2n) is 4.66. The van der Waals surface area contributed by atoms with E-state index in [1.165, 1.54) is 11.1 Å². The summed E-state index contributed by atoms with van der Waals surface area (Å²) in [5.74, 6) is 0.0819. The van der Waals surface area contributed by atoms with Crippen LogP contribution < -0.4 is 10.6 Å². The van der Waals surface area contributed by atoms with Gasteiger partial charge in [0.2, 0.25) is 0 Å². The number of sulfone groups is 1. The highest BCUT2D eigenvalue weighted by Crippen LogP contribution is 2.14. The average molecular weight is 304 g/mol. The molecule has 19 heavy (non-hydrogen) atoms. The van der Waals surface area contributed by atoms with Crippen molar-refractivity contribution < 1.29 is 13.2 Å². The second-order valence-corrected chi connectivity index (χ2v) is 8.29. The summed E-state index contributed by atoms with van der Waals surface area (Å²) in [6.45, 7) is 4.30. The summed E-state index contributed by atoms with van der Waals surface area (Å²) in [5.41, 5.74) is 0. The summed E-state index contributed by atoms with van der Waals surface area (Å²) in [6, 6.07) is 3.55. The number of thiophene rings is 1. The Balaban J connectivity index is 2.27. The van der Waals surface area contributed by atoms with Gasteiger partial charge in [0.1, 0.15) is 9.84 Å². The quantitative estimate of drug-likeness (QED) is 0.839. The van der Waals surface area contributed by atoms with Crippen LogP contribution in [0.3, 0.4) is 0 Å². The third-order valence-electron chi connectivity index (χ3n) is 2.52. The molecule has 0 unspecified atom stereocenters. The van der Waals surface area contributed by atoms with Crippen LogP contribution in [0.4, 0.5) is 4.79 Å². The molecule has 0 aliphatic heterocycles. The molecule has 1 rings (SSSR count). The molecule has 0 saturated carbocycles. The van der Waals surface area contributed by atoms with Gasteiger partial charge in [-0.05, 0) is 32.4 Å². The first-order chi connectivity index (χ1) is 8.76. The van der Waals surface area contributed by atoms with E-state index in [0.717, 1.165) is 4.88 Å². The van der Waals surface area contributed by atoms with Crippen molar-refractivity contribution in [3.05, 3.63) is 21.9 Å². The van der Waals surface area contributed by atoms with E-state index in [1.54, 1.807) is 18.3 Å². The number of carbonyl (C=O) groups is 1. The third kappa shape index (κ3) is 7.17. The topological polar surface area (TPSA) is 75.3 Å². The van der Waals surface area contributed by atoms with E-state index < -0.39 is 9.84 Å². The minimum Gasteiger partial charge on any atom is -0.336 e. The minimum atomic E-state index is -2.98. The fourth-order valence-electron chi connectivity index (χ4n) is 1.49. The first kappa shape index (κ1) is 16.0. The number of rotatable bonds is 6. The zero-order valence-electron chi connectivity index (χ0n) is 11.4. The van der Waals surface area contributed by atoms with E-state index in [0.29, 0.717) is 13.0 Å². The van der Waals surface area contributed by atoms with Crippen LogP contribution in [0, 0.1) is 6.92 Å². The van der Waals surface area contributed by atoms with E-state index in [-0.39, 0.29) is 17.8 Å². The number of carbonyl (C=O) groups excluding carboxylic acids is 1. The number of amides is 2. The van der Waals surface area contributed by atoms with Gasteiger partial charge in [-0.15, -0.1) is 11.3 Å². The van der Waals surface area contributed by atoms with Crippen molar-refractivity contribution in [1.82, 2.24) is 10.6 Å². The third-order valence-corrected chi connectivity index (χ3v) is 4.50. The lowest BCUT2D eigenvalue weighted by Gasteiger charge is -2.13. The highest BCUT2D eigenvalue weighted by molar-refractivity contribution is 7.90. The van der Waals surface area contributed by atoms with Crippen LogP contribution in [0.5, 0.6) is 0 Å². The normalized spacial score (nSPS) is 13.0. The van der Waals surface area contributed by atoms with Gasteiger partial charge in [-0.3, -0.25) is 0 Å². The van der Waals surface area contributed by atoms with Gasteiger partial charge in [0.25, 0.3) is 0 Å². The molecule has 2 N–H and O–H groups in total. The molecule has 108 valence electrons. The molecule has 2 amide bonds. The molecule has 1 aromatic heterocycles. The second kappa shape index (κ2) is 6.91. The molecular formula is C12H20N2O3S2. The van der Waals surface area contributed by atoms with Crippen LogP contribution >= 0.6 is 11.3 Å². The van der Waals surface area contributed by atoms with E-state index in [4.69, 9.17) is 0 Å². The highest BCUT2D eigenvalue weighted by Gasteiger charge is 2.10. The number of aryl methyl sites for hydroxylation is 1. The number of hydrogen-bond acceptors (Lipinski definition) is 4. The molecule has 5 nitrogen and oxygen atoms in total. The van der Waals surface area contributed by atoms with Crippen LogP contribution in [-0.2, 0) is 16.4 Å². The predicted molar refractivity (Wildman–Crippen MR) is 78.2 cm³/mol. The SMILES string of the molecule is Cc1ccc(CNC(=O)N[C@H](C)CCS(C)(=O)=O)s1. The molecule has 7 heteroatoms. The maximum atomic E-state index is 11.6. The zero-order valence-corrected chi connectivity index (χ0v) is 13.0. The average Bonchev–Trinajstić information content (AvgIpc) is 2.69. The van der Waals surface area contributed by atoms with Crippen molar-refractivity contribution >= 4 is 27.2 Å². The van der Waals surface area contributed by atoms with Gasteiger partial charge < -0.3 is 10.6 Å². The van der Waals surface area contributed by atoms with Crippen LogP contribution in [0.15, 0.2) is 12.1 Å². The van der Waals surface area contributed by atoms with Gasteiger partial charge in [0, 0.05) is 22.1 Å². The first-order valence-corrected chi connectivity index (χ1v) is 8.91. The van der Waals surface area contributed by atoms with Gasteiger partial charge in [-0.1, -0.05) is 0 Å². The van der Waals surface area contributed by atoms with Crippen molar-refractivity contribution in [2.45, 2.75) is 32.9 Å². The van der Waals surface area contributed by atoms with Gasteiger partial charge in [0.15, 0.2) is 0 Å². The summed E-state index contributed by atoms with van der Waals surface area (Å²) in [4.78, 5) is 13.9. The lowest BCUT2D eigenvalue weighted by molar-refractivity contribution is 0.237. The van der Waals surface area contributed by atoms with Crippen molar-refractivity contribution in [2.75, 3.05) is 12.0 Å². The molecule has 1 atom stereocenters. The zero-order chi connectivity index (χ0) is 14.5. The fourth-order valence-corrected chi connectivity index (χ4v) is 3.10. The van der Waals surface area contributed by atoms with E-state index >= 15 is 0 Å². The van der Waals surface area contributed by atoms with Crippen LogP contribution in [-0.4, -0.2) is 32.5 Å². The summed E-state index contributed by atoms with van der Waals surface area (Å²) in [7, 11) is -2.98. The molecule has 0 saturated heterocycles. The maximum Gasteiger partial charge on any atom is 0.315 e. The fraction of sp³-hybridized carbons (Fsp3) is 0.583. The van der Waals surface area contributed by atoms with Crippen molar-refractivity contribution in [3.8, 4) is 0 Å². The standard InChI is InChI=1S/C12H20N2O3S2/c1-9(6-7-19(3,16)17)14-12(15)13-8-11-5-4-10(2)18-11/h4-5,9H,6-8H2,1-3H3,(H2,13,14,15)/t9-/m1/s1. The van der Waals surface area contributed by atoms with E-state index in [2.05, 4.69) is 10.6 Å². The summed E-state index contributed by atoms with van der Waals surface area (Å²) >= 11 is 1.64. The molecule has 0 radical (unpaired) electrons. The molecule has 1 aromatic rings. The van der Waals surface area contributed by atoms with Crippen LogP contribution in [0.1, 0.15) is 23.1 Å². The Morgan fingerprint density at radius 3 is 2.63 bits per heavy atom. The Morgan fingerprint density at radius 1 is 1.42 bits per heavy atom. The molecule has 0 aliphatic carbocycles. The molecule has 0 aromatic carbocycles. The lowest BCUT2D eigenvalue weighted by atomic mass is 10.3. The van der Waals surface area contributed by atoms with Gasteiger partial charge in [-0.25, -0.2) is 13.2 Å². The van der Waals surface area contributed by atoms with Crippen LogP contribution in [0.25, 0.3) is 0 Å². The Labute approximate surface area is 118 Å². The predicted octanol–water partition coefficient (Wildman–Crippen LogP) is 1.68. The molecule has 0 bridgehead atoms. The van der Waals surface area contributed by atoms with Gasteiger partial charge in [-0.2, -0.15) is 0 Å². The Bertz CT molecular complexity index is 523. The lowest BCUT2D eigenvalue weighted by Crippen LogP contribution is -2.41. The van der Waals surface area contributed by atoms with Gasteiger partial charge in [0.05, 0.1) is 12.3 Å². The highest BCUT2D eigenvalue weighted by atomic mass is 32.2. The number of urea groups is 1. The van der Waals surface area contributed by atoms with E-state index in [9.17, 15) is 13.2 Å². The number of hydrogen-bond donors (Lipinski definition) is 2. The molecular weight excluding hydrogens is 284 g/mol. The number of nitrogens with one attached hydrogen (secondary N) is 2. The Hall–Kier alpha value is -1.08. The molecule has 0 aliphatic rings. The smallest absolute Gasteiger partial charge is 0.315 e. The van der Waals surface area contributed by atoms with Crippen molar-refractivity contribution in [1.29, 1.82) is 0 Å². The summed E-state index contributed by atoms with van der Waals surface area (Å²) in [6.07, 6.45) is 1.61. The van der Waals surface area contributed by atoms with Crippen molar-refractivity contribution in [3.63, 3.8) is 0 Å². The largest absolute Gasteiger partial charge is 0.336 e. The molecule has 0 fully saturated rings.